The van der Waals surface area contributed by atoms with Crippen molar-refractivity contribution in [3.8, 4) is 0 Å². The van der Waals surface area contributed by atoms with Crippen LogP contribution in [0.1, 0.15) is 45.3 Å². The average Bonchev–Trinajstić information content (AvgIpc) is 2.73. The summed E-state index contributed by atoms with van der Waals surface area (Å²) in [6.07, 6.45) is 3.32. The Bertz CT molecular complexity index is 1000. The Kier molecular flexibility index (Phi) is 4.54. The fourth-order valence-electron chi connectivity index (χ4n) is 3.68. The topological polar surface area (TPSA) is 89.2 Å². The van der Waals surface area contributed by atoms with E-state index in [1.807, 2.05) is 24.3 Å². The van der Waals surface area contributed by atoms with Crippen LogP contribution in [0, 0.1) is 0 Å². The fourth-order valence-corrected chi connectivity index (χ4v) is 3.68. The smallest absolute Gasteiger partial charge is 0.272 e. The minimum absolute atomic E-state index is 0.0291. The Morgan fingerprint density at radius 3 is 2.70 bits per heavy atom. The first-order valence-electron chi connectivity index (χ1n) is 9.03. The Labute approximate surface area is 157 Å². The highest BCUT2D eigenvalue weighted by Crippen LogP contribution is 2.30. The number of nitrogens with two attached hydrogens (primary N) is 1. The van der Waals surface area contributed by atoms with Gasteiger partial charge in [-0.2, -0.15) is 0 Å². The molecule has 1 atom stereocenters. The van der Waals surface area contributed by atoms with Gasteiger partial charge in [-0.25, -0.2) is 0 Å². The van der Waals surface area contributed by atoms with Crippen LogP contribution in [0.5, 0.6) is 0 Å². The molecule has 6 nitrogen and oxygen atoms in total. The number of pyridine rings is 2. The van der Waals surface area contributed by atoms with Crippen molar-refractivity contribution in [2.24, 2.45) is 5.73 Å². The standard InChI is InChI=1S/C21H20N4O2/c22-20(26)16-12-14-6-1-2-8-17(14)24-19(16)15-7-5-11-25(13-15)21(27)18-9-3-4-10-23-18/h1-4,6,8-10,12,15H,5,7,11,13H2,(H2,22,26). The quantitative estimate of drug-likeness (QED) is 0.778. The molecule has 1 aliphatic rings. The zero-order valence-electron chi connectivity index (χ0n) is 14.8. The molecule has 0 saturated carbocycles. The van der Waals surface area contributed by atoms with Crippen molar-refractivity contribution in [2.75, 3.05) is 13.1 Å². The zero-order valence-corrected chi connectivity index (χ0v) is 14.8. The summed E-state index contributed by atoms with van der Waals surface area (Å²) in [7, 11) is 0. The summed E-state index contributed by atoms with van der Waals surface area (Å²) in [6, 6.07) is 14.8. The predicted octanol–water partition coefficient (Wildman–Crippen LogP) is 2.75. The molecular formula is C21H20N4O2. The van der Waals surface area contributed by atoms with E-state index in [0.717, 1.165) is 23.7 Å². The summed E-state index contributed by atoms with van der Waals surface area (Å²) in [5.41, 5.74) is 8.00. The molecule has 27 heavy (non-hydrogen) atoms. The minimum atomic E-state index is -0.489. The van der Waals surface area contributed by atoms with Gasteiger partial charge >= 0.3 is 0 Å². The van der Waals surface area contributed by atoms with Gasteiger partial charge in [-0.1, -0.05) is 24.3 Å². The highest BCUT2D eigenvalue weighted by Gasteiger charge is 2.29. The highest BCUT2D eigenvalue weighted by atomic mass is 16.2. The molecule has 3 aromatic rings. The number of aromatic nitrogens is 2. The normalized spacial score (nSPS) is 17.0. The molecule has 1 saturated heterocycles. The van der Waals surface area contributed by atoms with E-state index in [1.165, 1.54) is 0 Å². The predicted molar refractivity (Wildman–Crippen MR) is 102 cm³/mol. The van der Waals surface area contributed by atoms with E-state index in [2.05, 4.69) is 4.98 Å². The van der Waals surface area contributed by atoms with Crippen molar-refractivity contribution in [2.45, 2.75) is 18.8 Å². The van der Waals surface area contributed by atoms with E-state index < -0.39 is 5.91 Å². The van der Waals surface area contributed by atoms with Gasteiger partial charge in [-0.3, -0.25) is 19.6 Å². The third-order valence-electron chi connectivity index (χ3n) is 5.00. The second-order valence-electron chi connectivity index (χ2n) is 6.78. The highest BCUT2D eigenvalue weighted by molar-refractivity contribution is 5.98. The minimum Gasteiger partial charge on any atom is -0.366 e. The van der Waals surface area contributed by atoms with Gasteiger partial charge in [-0.15, -0.1) is 0 Å². The number of likely N-dealkylation sites (tertiary alicyclic amines) is 1. The Hall–Kier alpha value is -3.28. The molecule has 0 spiro atoms. The second-order valence-corrected chi connectivity index (χ2v) is 6.78. The number of para-hydroxylation sites is 1. The van der Waals surface area contributed by atoms with Crippen LogP contribution in [0.25, 0.3) is 10.9 Å². The lowest BCUT2D eigenvalue weighted by atomic mass is 9.90. The van der Waals surface area contributed by atoms with Crippen LogP contribution in [0.15, 0.2) is 54.7 Å². The number of amides is 2. The first-order chi connectivity index (χ1) is 13.1. The monoisotopic (exact) mass is 360 g/mol. The van der Waals surface area contributed by atoms with Crippen LogP contribution in [0.3, 0.4) is 0 Å². The maximum Gasteiger partial charge on any atom is 0.272 e. The fraction of sp³-hybridized carbons (Fsp3) is 0.238. The molecule has 3 heterocycles. The van der Waals surface area contributed by atoms with Gasteiger partial charge in [0.2, 0.25) is 0 Å². The van der Waals surface area contributed by atoms with Crippen LogP contribution in [0.4, 0.5) is 0 Å². The average molecular weight is 360 g/mol. The Balaban J connectivity index is 1.67. The van der Waals surface area contributed by atoms with Crippen molar-refractivity contribution in [1.29, 1.82) is 0 Å². The summed E-state index contributed by atoms with van der Waals surface area (Å²) in [6.45, 7) is 1.17. The number of hydrogen-bond acceptors (Lipinski definition) is 4. The number of fused-ring (bicyclic) bond motifs is 1. The van der Waals surface area contributed by atoms with E-state index >= 15 is 0 Å². The summed E-state index contributed by atoms with van der Waals surface area (Å²) in [5, 5.41) is 0.882. The maximum atomic E-state index is 12.8. The van der Waals surface area contributed by atoms with Crippen LogP contribution in [-0.2, 0) is 0 Å². The van der Waals surface area contributed by atoms with Crippen LogP contribution in [-0.4, -0.2) is 39.8 Å². The summed E-state index contributed by atoms with van der Waals surface area (Å²) < 4.78 is 0. The molecule has 2 amide bonds. The van der Waals surface area contributed by atoms with Crippen LogP contribution in [0.2, 0.25) is 0 Å². The number of piperidine rings is 1. The lowest BCUT2D eigenvalue weighted by Gasteiger charge is -2.33. The van der Waals surface area contributed by atoms with E-state index in [0.29, 0.717) is 30.0 Å². The van der Waals surface area contributed by atoms with E-state index in [-0.39, 0.29) is 11.8 Å². The third-order valence-corrected chi connectivity index (χ3v) is 5.00. The van der Waals surface area contributed by atoms with Crippen molar-refractivity contribution < 1.29 is 9.59 Å². The molecule has 6 heteroatoms. The Morgan fingerprint density at radius 2 is 1.93 bits per heavy atom. The summed E-state index contributed by atoms with van der Waals surface area (Å²) >= 11 is 0. The second kappa shape index (κ2) is 7.15. The lowest BCUT2D eigenvalue weighted by Crippen LogP contribution is -2.40. The van der Waals surface area contributed by atoms with E-state index in [9.17, 15) is 9.59 Å². The number of carbonyl (C=O) groups is 2. The molecule has 1 fully saturated rings. The third kappa shape index (κ3) is 3.38. The molecule has 2 aromatic heterocycles. The molecule has 4 rings (SSSR count). The van der Waals surface area contributed by atoms with Crippen molar-refractivity contribution in [1.82, 2.24) is 14.9 Å². The summed E-state index contributed by atoms with van der Waals surface area (Å²) in [5.74, 6) is -0.614. The number of carbonyl (C=O) groups excluding carboxylic acids is 2. The van der Waals surface area contributed by atoms with Gasteiger partial charge < -0.3 is 10.6 Å². The molecule has 0 bridgehead atoms. The molecule has 1 aromatic carbocycles. The number of primary amides is 1. The first kappa shape index (κ1) is 17.1. The number of benzene rings is 1. The molecule has 136 valence electrons. The van der Waals surface area contributed by atoms with Gasteiger partial charge in [0, 0.05) is 30.6 Å². The zero-order chi connectivity index (χ0) is 18.8. The van der Waals surface area contributed by atoms with Crippen molar-refractivity contribution >= 4 is 22.7 Å². The molecule has 2 N–H and O–H groups in total. The van der Waals surface area contributed by atoms with Crippen molar-refractivity contribution in [3.63, 3.8) is 0 Å². The molecule has 0 radical (unpaired) electrons. The number of nitrogens with zero attached hydrogens (tertiary/aromatic N) is 3. The number of hydrogen-bond donors (Lipinski definition) is 1. The first-order valence-corrected chi connectivity index (χ1v) is 9.03. The SMILES string of the molecule is NC(=O)c1cc2ccccc2nc1C1CCCN(C(=O)c2ccccn2)C1. The Morgan fingerprint density at radius 1 is 1.11 bits per heavy atom. The lowest BCUT2D eigenvalue weighted by molar-refractivity contribution is 0.0700. The van der Waals surface area contributed by atoms with E-state index in [1.54, 1.807) is 35.4 Å². The summed E-state index contributed by atoms with van der Waals surface area (Å²) in [4.78, 5) is 35.5. The van der Waals surface area contributed by atoms with Gasteiger partial charge in [-0.05, 0) is 37.1 Å². The number of rotatable bonds is 3. The van der Waals surface area contributed by atoms with Crippen LogP contribution >= 0.6 is 0 Å². The van der Waals surface area contributed by atoms with Gasteiger partial charge in [0.1, 0.15) is 5.69 Å². The van der Waals surface area contributed by atoms with E-state index in [4.69, 9.17) is 10.7 Å². The van der Waals surface area contributed by atoms with Crippen LogP contribution < -0.4 is 5.73 Å². The van der Waals surface area contributed by atoms with Gasteiger partial charge in [0.05, 0.1) is 16.8 Å². The van der Waals surface area contributed by atoms with Gasteiger partial charge in [0.15, 0.2) is 0 Å². The van der Waals surface area contributed by atoms with Crippen molar-refractivity contribution in [3.05, 3.63) is 71.7 Å². The maximum absolute atomic E-state index is 12.8. The molecule has 1 unspecified atom stereocenters. The molecular weight excluding hydrogens is 340 g/mol. The van der Waals surface area contributed by atoms with Gasteiger partial charge in [0.25, 0.3) is 11.8 Å². The molecule has 0 aliphatic carbocycles. The molecule has 1 aliphatic heterocycles. The largest absolute Gasteiger partial charge is 0.366 e.